The van der Waals surface area contributed by atoms with Gasteiger partial charge in [0, 0.05) is 0 Å². The third-order valence-electron chi connectivity index (χ3n) is 7.56. The molecule has 1 fully saturated rings. The second-order valence-corrected chi connectivity index (χ2v) is 23.1. The van der Waals surface area contributed by atoms with E-state index in [2.05, 4.69) is 188 Å². The second kappa shape index (κ2) is 13.1. The van der Waals surface area contributed by atoms with Crippen molar-refractivity contribution in [1.29, 1.82) is 0 Å². The van der Waals surface area contributed by atoms with E-state index in [1.807, 2.05) is 0 Å². The van der Waals surface area contributed by atoms with Crippen LogP contribution in [0.2, 0.25) is 0 Å². The number of benzene rings is 6. The van der Waals surface area contributed by atoms with E-state index in [9.17, 15) is 0 Å². The molecule has 0 radical (unpaired) electrons. The molecule has 0 aromatic heterocycles. The van der Waals surface area contributed by atoms with Crippen molar-refractivity contribution in [1.82, 2.24) is 0 Å². The predicted molar refractivity (Wildman–Crippen MR) is 196 cm³/mol. The molecule has 6 aromatic rings. The Bertz CT molecular complexity index is 1690. The first-order valence-electron chi connectivity index (χ1n) is 14.4. The van der Waals surface area contributed by atoms with E-state index in [1.54, 1.807) is 0 Å². The fourth-order valence-corrected chi connectivity index (χ4v) is 25.7. The van der Waals surface area contributed by atoms with Crippen LogP contribution in [0.1, 0.15) is 0 Å². The Morgan fingerprint density at radius 3 is 1.16 bits per heavy atom. The van der Waals surface area contributed by atoms with Crippen LogP contribution in [0.3, 0.4) is 0 Å². The van der Waals surface area contributed by atoms with Gasteiger partial charge in [-0.3, -0.25) is 0 Å². The molecule has 5 heteroatoms. The van der Waals surface area contributed by atoms with Crippen LogP contribution in [0, 0.1) is 0 Å². The Kier molecular flexibility index (Phi) is 8.62. The third-order valence-corrected chi connectivity index (χ3v) is 25.0. The average Bonchev–Trinajstić information content (AvgIpc) is 3.48. The lowest BCUT2D eigenvalue weighted by atomic mass is 10.4. The lowest BCUT2D eigenvalue weighted by Gasteiger charge is -2.32. The van der Waals surface area contributed by atoms with Crippen LogP contribution in [0.25, 0.3) is 5.09 Å². The molecule has 0 spiro atoms. The van der Waals surface area contributed by atoms with Crippen LogP contribution >= 0.6 is 29.9 Å². The molecule has 3 atom stereocenters. The highest BCUT2D eigenvalue weighted by atomic mass is 32.5. The first-order valence-corrected chi connectivity index (χ1v) is 21.6. The topological polar surface area (TPSA) is 14.1 Å². The maximum absolute atomic E-state index is 5.85. The van der Waals surface area contributed by atoms with Crippen LogP contribution in [-0.4, -0.2) is 0 Å². The molecule has 6 aromatic carbocycles. The van der Waals surface area contributed by atoms with Gasteiger partial charge in [0.05, 0.1) is 5.82 Å². The molecule has 7 rings (SSSR count). The van der Waals surface area contributed by atoms with Crippen LogP contribution in [0.15, 0.2) is 193 Å². The number of nitrogens with zero attached hydrogens (tertiary/aromatic N) is 1. The first-order chi connectivity index (χ1) is 21.3. The second-order valence-electron chi connectivity index (χ2n) is 10.2. The van der Waals surface area contributed by atoms with Gasteiger partial charge in [-0.2, -0.15) is 0 Å². The molecule has 0 amide bonds. The lowest BCUT2D eigenvalue weighted by Crippen LogP contribution is -2.29. The van der Waals surface area contributed by atoms with E-state index in [1.165, 1.54) is 37.3 Å². The van der Waals surface area contributed by atoms with Gasteiger partial charge < -0.3 is 5.09 Å². The normalized spacial score (nSPS) is 19.2. The minimum atomic E-state index is -2.22. The van der Waals surface area contributed by atoms with Gasteiger partial charge in [0.2, 0.25) is 0 Å². The van der Waals surface area contributed by atoms with E-state index < -0.39 is 29.9 Å². The molecule has 0 saturated carbocycles. The Morgan fingerprint density at radius 2 is 0.744 bits per heavy atom. The summed E-state index contributed by atoms with van der Waals surface area (Å²) in [6, 6.07) is 66.9. The maximum Gasteiger partial charge on any atom is 0.135 e. The summed E-state index contributed by atoms with van der Waals surface area (Å²) in [5.74, 6) is 2.65. The highest BCUT2D eigenvalue weighted by Crippen LogP contribution is 2.97. The molecule has 3 unspecified atom stereocenters. The van der Waals surface area contributed by atoms with Crippen LogP contribution in [0.4, 0.5) is 0 Å². The van der Waals surface area contributed by atoms with Gasteiger partial charge in [0.15, 0.2) is 0 Å². The summed E-state index contributed by atoms with van der Waals surface area (Å²) in [5, 5.41) is 14.1. The maximum atomic E-state index is 5.85. The third kappa shape index (κ3) is 5.65. The van der Waals surface area contributed by atoms with Gasteiger partial charge in [-0.15, -0.1) is 7.76 Å². The monoisotopic (exact) mass is 625 g/mol. The van der Waals surface area contributed by atoms with Gasteiger partial charge in [0.1, 0.15) is 23.2 Å². The van der Waals surface area contributed by atoms with Gasteiger partial charge >= 0.3 is 0 Å². The van der Waals surface area contributed by atoms with Crippen LogP contribution < -0.4 is 31.8 Å². The van der Waals surface area contributed by atoms with Crippen molar-refractivity contribution in [2.24, 2.45) is 0 Å². The highest BCUT2D eigenvalue weighted by molar-refractivity contribution is 8.69. The summed E-state index contributed by atoms with van der Waals surface area (Å²) < 4.78 is 0. The van der Waals surface area contributed by atoms with Crippen molar-refractivity contribution >= 4 is 61.8 Å². The zero-order valence-electron chi connectivity index (χ0n) is 23.6. The molecular formula is C38H31NP4. The Hall–Kier alpha value is -3.42. The van der Waals surface area contributed by atoms with Crippen molar-refractivity contribution in [3.63, 3.8) is 0 Å². The SMILES string of the molecule is C(=C1/[N-]P(c2ccccc2)P(c2ccccc2)P1c1ccccc1)/[P+](c1ccccc1)(c1ccccc1)c1ccccc1. The van der Waals surface area contributed by atoms with Crippen molar-refractivity contribution in [2.45, 2.75) is 0 Å². The fourth-order valence-electron chi connectivity index (χ4n) is 5.60. The molecule has 1 heterocycles. The number of hydrogen-bond acceptors (Lipinski definition) is 0. The van der Waals surface area contributed by atoms with E-state index in [4.69, 9.17) is 5.09 Å². The minimum Gasteiger partial charge on any atom is -0.649 e. The van der Waals surface area contributed by atoms with E-state index in [-0.39, 0.29) is 0 Å². The van der Waals surface area contributed by atoms with Gasteiger partial charge in [-0.25, -0.2) is 0 Å². The van der Waals surface area contributed by atoms with Crippen molar-refractivity contribution < 1.29 is 0 Å². The fraction of sp³-hybridized carbons (Fsp3) is 0. The summed E-state index contributed by atoms with van der Waals surface area (Å²) in [7, 11) is -4.32. The summed E-state index contributed by atoms with van der Waals surface area (Å²) in [4.78, 5) is 0. The molecule has 1 nitrogen and oxygen atoms in total. The van der Waals surface area contributed by atoms with Crippen LogP contribution in [0.5, 0.6) is 0 Å². The molecule has 0 N–H and O–H groups in total. The molecule has 43 heavy (non-hydrogen) atoms. The first kappa shape index (κ1) is 28.4. The zero-order valence-corrected chi connectivity index (χ0v) is 27.2. The van der Waals surface area contributed by atoms with Gasteiger partial charge in [0.25, 0.3) is 0 Å². The minimum absolute atomic E-state index is 0.606. The summed E-state index contributed by atoms with van der Waals surface area (Å²) in [6.45, 7) is 0. The van der Waals surface area contributed by atoms with Crippen molar-refractivity contribution in [3.05, 3.63) is 198 Å². The molecule has 0 aliphatic carbocycles. The predicted octanol–water partition coefficient (Wildman–Crippen LogP) is 9.33. The standard InChI is InChI=1S/C38H31NP4/c1-7-19-32(20-8-1)40-38(39-41(33-21-9-2-10-22-33)42(40)34-23-11-3-12-24-34)31-43(35-25-13-4-14-26-35,36-27-15-5-16-28-36)37-29-17-6-18-30-37/h1-31H/b38-31+. The lowest BCUT2D eigenvalue weighted by molar-refractivity contribution is 1.72. The Labute approximate surface area is 259 Å². The molecule has 1 saturated heterocycles. The van der Waals surface area contributed by atoms with Crippen molar-refractivity contribution in [3.8, 4) is 0 Å². The number of hydrogen-bond donors (Lipinski definition) is 0. The molecule has 208 valence electrons. The highest BCUT2D eigenvalue weighted by Gasteiger charge is 2.45. The Morgan fingerprint density at radius 1 is 0.395 bits per heavy atom. The van der Waals surface area contributed by atoms with Gasteiger partial charge in [-0.1, -0.05) is 151 Å². The van der Waals surface area contributed by atoms with Crippen LogP contribution in [-0.2, 0) is 0 Å². The smallest absolute Gasteiger partial charge is 0.135 e. The Balaban J connectivity index is 1.54. The quantitative estimate of drug-likeness (QED) is 0.157. The van der Waals surface area contributed by atoms with E-state index in [0.717, 1.165) is 0 Å². The summed E-state index contributed by atoms with van der Waals surface area (Å²) in [6.07, 6.45) is 0. The van der Waals surface area contributed by atoms with Crippen molar-refractivity contribution in [2.75, 3.05) is 0 Å². The largest absolute Gasteiger partial charge is 0.649 e. The zero-order chi connectivity index (χ0) is 28.9. The number of rotatable bonds is 7. The molecule has 1 aliphatic heterocycles. The summed E-state index contributed by atoms with van der Waals surface area (Å²) >= 11 is 0. The molecule has 0 bridgehead atoms. The van der Waals surface area contributed by atoms with E-state index >= 15 is 0 Å². The average molecular weight is 626 g/mol. The molecular weight excluding hydrogens is 594 g/mol. The van der Waals surface area contributed by atoms with Gasteiger partial charge in [-0.05, 0) is 67.2 Å². The van der Waals surface area contributed by atoms with E-state index in [0.29, 0.717) is 0 Å². The molecule has 1 aliphatic rings. The summed E-state index contributed by atoms with van der Waals surface area (Å²) in [5.41, 5.74) is 1.29.